The van der Waals surface area contributed by atoms with Crippen LogP contribution in [0.25, 0.3) is 0 Å². The molecule has 21 heavy (non-hydrogen) atoms. The van der Waals surface area contributed by atoms with Crippen LogP contribution in [-0.2, 0) is 6.04 Å². The summed E-state index contributed by atoms with van der Waals surface area (Å²) in [6.45, 7) is 25.1. The molecule has 120 valence electrons. The second kappa shape index (κ2) is 5.94. The molecule has 1 aromatic carbocycles. The lowest BCUT2D eigenvalue weighted by Gasteiger charge is -2.57. The third-order valence-electron chi connectivity index (χ3n) is 5.43. The fraction of sp³-hybridized carbons (Fsp3) is 0.647. The van der Waals surface area contributed by atoms with Gasteiger partial charge in [-0.1, -0.05) is 94.3 Å². The van der Waals surface area contributed by atoms with Crippen molar-refractivity contribution >= 4 is 29.4 Å². The van der Waals surface area contributed by atoms with Gasteiger partial charge in [0.1, 0.15) is 0 Å². The molecule has 0 saturated carbocycles. The Bertz CT molecular complexity index is 433. The Balaban J connectivity index is 3.47. The molecule has 0 bridgehead atoms. The Hall–Kier alpha value is 0.0875. The Morgan fingerprint density at radius 2 is 0.952 bits per heavy atom. The third kappa shape index (κ3) is 3.71. The lowest BCUT2D eigenvalue weighted by Crippen LogP contribution is -2.84. The molecule has 0 aliphatic rings. The minimum Gasteiger partial charge on any atom is -0.0718 e. The number of benzene rings is 1. The van der Waals surface area contributed by atoms with Crippen LogP contribution in [0.1, 0.15) is 11.1 Å². The van der Waals surface area contributed by atoms with E-state index in [1.54, 1.807) is 5.56 Å². The van der Waals surface area contributed by atoms with Crippen LogP contribution in [0, 0.1) is 6.92 Å². The van der Waals surface area contributed by atoms with Gasteiger partial charge in [0.2, 0.25) is 0 Å². The fourth-order valence-electron chi connectivity index (χ4n) is 5.18. The van der Waals surface area contributed by atoms with Gasteiger partial charge in [0.05, 0.1) is 0 Å². The molecule has 0 radical (unpaired) electrons. The van der Waals surface area contributed by atoms with Crippen molar-refractivity contribution in [1.29, 1.82) is 0 Å². The first kappa shape index (κ1) is 19.1. The summed E-state index contributed by atoms with van der Waals surface area (Å²) in [5.74, 6) is 0. The lowest BCUT2D eigenvalue weighted by atomic mass is 10.2. The van der Waals surface area contributed by atoms with Crippen molar-refractivity contribution in [2.45, 2.75) is 71.9 Å². The predicted octanol–water partition coefficient (Wildman–Crippen LogP) is 5.78. The van der Waals surface area contributed by atoms with Gasteiger partial charge in [0, 0.05) is 29.4 Å². The quantitative estimate of drug-likeness (QED) is 0.590. The van der Waals surface area contributed by atoms with E-state index >= 15 is 0 Å². The van der Waals surface area contributed by atoms with Gasteiger partial charge in [-0.15, -0.1) is 0 Å². The molecular weight excluding hydrogens is 317 g/mol. The normalized spacial score (nSPS) is 14.4. The summed E-state index contributed by atoms with van der Waals surface area (Å²) in [4.78, 5) is 0. The average Bonchev–Trinajstić information content (AvgIpc) is 2.22. The predicted molar refractivity (Wildman–Crippen MR) is 111 cm³/mol. The van der Waals surface area contributed by atoms with Gasteiger partial charge in [-0.25, -0.2) is 0 Å². The van der Waals surface area contributed by atoms with Gasteiger partial charge < -0.3 is 0 Å². The van der Waals surface area contributed by atoms with Crippen LogP contribution < -0.4 is 0 Å². The molecule has 0 aliphatic carbocycles. The summed E-state index contributed by atoms with van der Waals surface area (Å²) >= 11 is 0. The standard InChI is InChI=1S/C17H36Si4/c1-16-11-13-17(14-12-16)15-21(18(2,3)4,19(5,6)7)20(8,9)10/h11-14H,15H2,1-10H3. The number of rotatable bonds is 5. The Kier molecular flexibility index (Phi) is 5.42. The summed E-state index contributed by atoms with van der Waals surface area (Å²) in [6.07, 6.45) is 0. The van der Waals surface area contributed by atoms with Crippen LogP contribution in [0.5, 0.6) is 0 Å². The van der Waals surface area contributed by atoms with E-state index in [2.05, 4.69) is 90.1 Å². The SMILES string of the molecule is Cc1ccc(C[Si]([Si](C)(C)C)([Si](C)(C)C)[Si](C)(C)C)cc1. The van der Waals surface area contributed by atoms with Gasteiger partial charge in [-0.2, -0.15) is 0 Å². The Labute approximate surface area is 136 Å². The van der Waals surface area contributed by atoms with Crippen LogP contribution in [-0.4, -0.2) is 29.4 Å². The molecule has 4 heteroatoms. The minimum atomic E-state index is -1.24. The van der Waals surface area contributed by atoms with Crippen molar-refractivity contribution in [1.82, 2.24) is 0 Å². The monoisotopic (exact) mass is 352 g/mol. The summed E-state index contributed by atoms with van der Waals surface area (Å²) in [5, 5.41) is 0. The van der Waals surface area contributed by atoms with E-state index in [1.807, 2.05) is 0 Å². The van der Waals surface area contributed by atoms with E-state index in [-0.39, 0.29) is 0 Å². The van der Waals surface area contributed by atoms with Crippen molar-refractivity contribution < 1.29 is 0 Å². The van der Waals surface area contributed by atoms with E-state index < -0.39 is 29.4 Å². The number of hydrogen-bond acceptors (Lipinski definition) is 0. The van der Waals surface area contributed by atoms with Crippen molar-refractivity contribution in [3.05, 3.63) is 35.4 Å². The van der Waals surface area contributed by atoms with Crippen molar-refractivity contribution in [3.8, 4) is 0 Å². The number of aryl methyl sites for hydroxylation is 1. The molecular formula is C17H36Si4. The van der Waals surface area contributed by atoms with Crippen LogP contribution in [0.3, 0.4) is 0 Å². The molecule has 0 spiro atoms. The topological polar surface area (TPSA) is 0 Å². The highest BCUT2D eigenvalue weighted by molar-refractivity contribution is 7.89. The second-order valence-electron chi connectivity index (χ2n) is 9.82. The van der Waals surface area contributed by atoms with Gasteiger partial charge in [-0.05, 0) is 13.0 Å². The zero-order valence-corrected chi connectivity index (χ0v) is 20.0. The van der Waals surface area contributed by atoms with E-state index in [9.17, 15) is 0 Å². The van der Waals surface area contributed by atoms with Gasteiger partial charge >= 0.3 is 0 Å². The van der Waals surface area contributed by atoms with E-state index in [1.165, 1.54) is 11.6 Å². The summed E-state index contributed by atoms with van der Waals surface area (Å²) < 4.78 is 0. The van der Waals surface area contributed by atoms with Crippen LogP contribution in [0.15, 0.2) is 24.3 Å². The van der Waals surface area contributed by atoms with Crippen LogP contribution in [0.4, 0.5) is 0 Å². The highest BCUT2D eigenvalue weighted by Crippen LogP contribution is 2.39. The van der Waals surface area contributed by atoms with Crippen molar-refractivity contribution in [2.24, 2.45) is 0 Å². The molecule has 0 atom stereocenters. The molecule has 0 fully saturated rings. The zero-order valence-electron chi connectivity index (χ0n) is 16.0. The average molecular weight is 353 g/mol. The van der Waals surface area contributed by atoms with Gasteiger partial charge in [0.15, 0.2) is 0 Å². The molecule has 0 nitrogen and oxygen atoms in total. The molecule has 0 amide bonds. The molecule has 0 N–H and O–H groups in total. The van der Waals surface area contributed by atoms with Crippen molar-refractivity contribution in [3.63, 3.8) is 0 Å². The largest absolute Gasteiger partial charge is 0.0718 e. The molecule has 0 unspecified atom stereocenters. The third-order valence-corrected chi connectivity index (χ3v) is 79.2. The molecule has 1 rings (SSSR count). The minimum absolute atomic E-state index is 1.14. The van der Waals surface area contributed by atoms with Crippen LogP contribution in [0.2, 0.25) is 58.9 Å². The van der Waals surface area contributed by atoms with E-state index in [4.69, 9.17) is 0 Å². The lowest BCUT2D eigenvalue weighted by molar-refractivity contribution is 1.33. The maximum absolute atomic E-state index is 2.68. The molecule has 0 aliphatic heterocycles. The first-order valence-electron chi connectivity index (χ1n) is 8.28. The molecule has 0 saturated heterocycles. The summed E-state index contributed by atoms with van der Waals surface area (Å²) in [7, 11) is -3.43. The first-order chi connectivity index (χ1) is 9.22. The highest BCUT2D eigenvalue weighted by Gasteiger charge is 2.60. The Morgan fingerprint density at radius 1 is 0.619 bits per heavy atom. The molecule has 1 aromatic rings. The van der Waals surface area contributed by atoms with Gasteiger partial charge in [0.25, 0.3) is 0 Å². The zero-order chi connectivity index (χ0) is 16.7. The van der Waals surface area contributed by atoms with E-state index in [0.29, 0.717) is 0 Å². The Morgan fingerprint density at radius 3 is 1.24 bits per heavy atom. The molecule has 0 aromatic heterocycles. The number of hydrogen-bond donors (Lipinski definition) is 0. The second-order valence-corrected chi connectivity index (χ2v) is 51.2. The van der Waals surface area contributed by atoms with Gasteiger partial charge in [-0.3, -0.25) is 0 Å². The summed E-state index contributed by atoms with van der Waals surface area (Å²) in [5.41, 5.74) is 3.01. The molecule has 0 heterocycles. The highest BCUT2D eigenvalue weighted by atomic mass is 29.9. The fourth-order valence-corrected chi connectivity index (χ4v) is 102. The smallest absolute Gasteiger partial charge is 0.0420 e. The van der Waals surface area contributed by atoms with Crippen LogP contribution >= 0.6 is 0 Å². The first-order valence-corrected chi connectivity index (χ1v) is 24.0. The maximum Gasteiger partial charge on any atom is 0.0420 e. The summed E-state index contributed by atoms with van der Waals surface area (Å²) in [6, 6.07) is 10.9. The maximum atomic E-state index is 2.68. The van der Waals surface area contributed by atoms with Crippen molar-refractivity contribution in [2.75, 3.05) is 0 Å². The van der Waals surface area contributed by atoms with E-state index in [0.717, 1.165) is 0 Å².